The van der Waals surface area contributed by atoms with Crippen LogP contribution in [0.15, 0.2) is 60.1 Å². The van der Waals surface area contributed by atoms with Crippen LogP contribution in [0.3, 0.4) is 0 Å². The number of rotatable bonds is 17. The summed E-state index contributed by atoms with van der Waals surface area (Å²) in [5, 5.41) is 0. The number of likely N-dealkylation sites (tertiary alicyclic amines) is 1. The van der Waals surface area contributed by atoms with Gasteiger partial charge in [0.2, 0.25) is 0 Å². The lowest BCUT2D eigenvalue weighted by molar-refractivity contribution is 0.0256. The molecule has 0 aromatic carbocycles. The fourth-order valence-electron chi connectivity index (χ4n) is 6.82. The first-order valence-corrected chi connectivity index (χ1v) is 16.1. The molecule has 2 saturated heterocycles. The summed E-state index contributed by atoms with van der Waals surface area (Å²) in [4.78, 5) is 5.18. The van der Waals surface area contributed by atoms with Crippen molar-refractivity contribution in [3.05, 3.63) is 60.1 Å². The fourth-order valence-corrected chi connectivity index (χ4v) is 6.82. The molecular weight excluding hydrogens is 496 g/mol. The van der Waals surface area contributed by atoms with Gasteiger partial charge in [-0.1, -0.05) is 45.1 Å². The SMILES string of the molecule is C=C/C(=C\C=C(/CC)C(=C)OC/C=C(\C)CC(C)C1CCCC1CN1CCOCC1)OCCCN1CCCC1C. The molecule has 3 fully saturated rings. The summed E-state index contributed by atoms with van der Waals surface area (Å²) in [7, 11) is 0. The quantitative estimate of drug-likeness (QED) is 0.0803. The van der Waals surface area contributed by atoms with Gasteiger partial charge in [-0.3, -0.25) is 4.90 Å². The number of morpholine rings is 1. The molecule has 3 aliphatic rings. The molecule has 5 heteroatoms. The summed E-state index contributed by atoms with van der Waals surface area (Å²) in [6.07, 6.45) is 17.9. The van der Waals surface area contributed by atoms with Gasteiger partial charge in [-0.25, -0.2) is 0 Å². The molecule has 5 nitrogen and oxygen atoms in total. The number of nitrogens with zero attached hydrogens (tertiary/aromatic N) is 2. The second kappa shape index (κ2) is 17.9. The third-order valence-electron chi connectivity index (χ3n) is 9.32. The molecular formula is C35H58N2O3. The van der Waals surface area contributed by atoms with Crippen molar-refractivity contribution in [2.45, 2.75) is 85.1 Å². The fraction of sp³-hybridized carbons (Fsp3) is 0.714. The van der Waals surface area contributed by atoms with E-state index in [-0.39, 0.29) is 0 Å². The Kier molecular flexibility index (Phi) is 14.6. The zero-order chi connectivity index (χ0) is 28.7. The molecule has 2 heterocycles. The molecule has 0 radical (unpaired) electrons. The van der Waals surface area contributed by atoms with Crippen LogP contribution in [0.4, 0.5) is 0 Å². The van der Waals surface area contributed by atoms with E-state index in [0.29, 0.717) is 25.2 Å². The van der Waals surface area contributed by atoms with Crippen molar-refractivity contribution in [2.24, 2.45) is 17.8 Å². The Morgan fingerprint density at radius 1 is 1.07 bits per heavy atom. The molecule has 0 spiro atoms. The van der Waals surface area contributed by atoms with Gasteiger partial charge < -0.3 is 19.1 Å². The average Bonchev–Trinajstić information content (AvgIpc) is 3.59. The first-order valence-electron chi connectivity index (χ1n) is 16.1. The van der Waals surface area contributed by atoms with Crippen molar-refractivity contribution < 1.29 is 14.2 Å². The lowest BCUT2D eigenvalue weighted by Crippen LogP contribution is -2.40. The first-order chi connectivity index (χ1) is 19.4. The van der Waals surface area contributed by atoms with E-state index in [4.69, 9.17) is 14.2 Å². The Morgan fingerprint density at radius 2 is 1.88 bits per heavy atom. The molecule has 40 heavy (non-hydrogen) atoms. The van der Waals surface area contributed by atoms with Gasteiger partial charge in [0, 0.05) is 32.2 Å². The molecule has 0 aromatic heterocycles. The van der Waals surface area contributed by atoms with Crippen LogP contribution in [0, 0.1) is 17.8 Å². The van der Waals surface area contributed by atoms with Crippen molar-refractivity contribution in [1.82, 2.24) is 9.80 Å². The lowest BCUT2D eigenvalue weighted by atomic mass is 9.81. The summed E-state index contributed by atoms with van der Waals surface area (Å²) in [5.41, 5.74) is 2.51. The molecule has 1 aliphatic carbocycles. The Bertz CT molecular complexity index is 870. The smallest absolute Gasteiger partial charge is 0.118 e. The normalized spacial score (nSPS) is 26.2. The van der Waals surface area contributed by atoms with Crippen LogP contribution in [0.2, 0.25) is 0 Å². The minimum atomic E-state index is 0.569. The Labute approximate surface area is 246 Å². The van der Waals surface area contributed by atoms with E-state index < -0.39 is 0 Å². The van der Waals surface area contributed by atoms with Crippen LogP contribution >= 0.6 is 0 Å². The molecule has 0 aromatic rings. The van der Waals surface area contributed by atoms with Gasteiger partial charge in [0.25, 0.3) is 0 Å². The molecule has 2 aliphatic heterocycles. The van der Waals surface area contributed by atoms with E-state index in [1.165, 1.54) is 50.8 Å². The standard InChI is InChI=1S/C35H58N2O3/c1-7-32(15-16-34(8-2)40-22-11-19-37-18-10-12-30(37)5)31(6)39-23-17-28(3)26-29(4)35-14-9-13-33(35)27-36-20-24-38-25-21-36/h8,15-17,29-30,33,35H,2,6-7,9-14,18-27H2,1,3-5H3/b28-17+,32-15+,34-16+. The molecule has 1 saturated carbocycles. The first kappa shape index (κ1) is 32.7. The monoisotopic (exact) mass is 554 g/mol. The minimum Gasteiger partial charge on any atom is -0.494 e. The van der Waals surface area contributed by atoms with Crippen molar-refractivity contribution in [2.75, 3.05) is 59.2 Å². The summed E-state index contributed by atoms with van der Waals surface area (Å²) < 4.78 is 17.6. The Balaban J connectivity index is 1.40. The van der Waals surface area contributed by atoms with Gasteiger partial charge in [0.05, 0.1) is 19.8 Å². The number of hydrogen-bond donors (Lipinski definition) is 0. The summed E-state index contributed by atoms with van der Waals surface area (Å²) in [6, 6.07) is 0.711. The molecule has 4 unspecified atom stereocenters. The van der Waals surface area contributed by atoms with Crippen LogP contribution < -0.4 is 0 Å². The van der Waals surface area contributed by atoms with Crippen LogP contribution in [-0.4, -0.2) is 75.0 Å². The maximum atomic E-state index is 6.07. The lowest BCUT2D eigenvalue weighted by Gasteiger charge is -2.33. The van der Waals surface area contributed by atoms with Crippen LogP contribution in [-0.2, 0) is 14.2 Å². The average molecular weight is 555 g/mol. The summed E-state index contributed by atoms with van der Waals surface area (Å²) in [6.45, 7) is 26.2. The van der Waals surface area contributed by atoms with Crippen LogP contribution in [0.25, 0.3) is 0 Å². The van der Waals surface area contributed by atoms with Gasteiger partial charge in [0.15, 0.2) is 0 Å². The van der Waals surface area contributed by atoms with Crippen LogP contribution in [0.1, 0.15) is 79.1 Å². The predicted molar refractivity (Wildman–Crippen MR) is 168 cm³/mol. The Morgan fingerprint density at radius 3 is 2.58 bits per heavy atom. The van der Waals surface area contributed by atoms with Gasteiger partial charge in [0.1, 0.15) is 18.1 Å². The topological polar surface area (TPSA) is 34.2 Å². The van der Waals surface area contributed by atoms with Crippen molar-refractivity contribution in [1.29, 1.82) is 0 Å². The molecule has 3 rings (SSSR count). The van der Waals surface area contributed by atoms with E-state index in [1.807, 2.05) is 6.08 Å². The zero-order valence-electron chi connectivity index (χ0n) is 26.2. The maximum Gasteiger partial charge on any atom is 0.118 e. The van der Waals surface area contributed by atoms with Gasteiger partial charge >= 0.3 is 0 Å². The second-order valence-electron chi connectivity index (χ2n) is 12.3. The Hall–Kier alpha value is -1.82. The number of ether oxygens (including phenoxy) is 3. The molecule has 0 bridgehead atoms. The predicted octanol–water partition coefficient (Wildman–Crippen LogP) is 7.54. The largest absolute Gasteiger partial charge is 0.494 e. The molecule has 226 valence electrons. The van der Waals surface area contributed by atoms with E-state index in [0.717, 1.165) is 81.0 Å². The van der Waals surface area contributed by atoms with E-state index >= 15 is 0 Å². The highest BCUT2D eigenvalue weighted by Crippen LogP contribution is 2.39. The van der Waals surface area contributed by atoms with Gasteiger partial charge in [-0.05, 0) is 107 Å². The van der Waals surface area contributed by atoms with Crippen molar-refractivity contribution in [3.63, 3.8) is 0 Å². The van der Waals surface area contributed by atoms with E-state index in [9.17, 15) is 0 Å². The molecule has 0 N–H and O–H groups in total. The van der Waals surface area contributed by atoms with E-state index in [1.54, 1.807) is 6.08 Å². The number of allylic oxidation sites excluding steroid dienone is 5. The maximum absolute atomic E-state index is 6.07. The van der Waals surface area contributed by atoms with E-state index in [2.05, 4.69) is 62.8 Å². The third kappa shape index (κ3) is 10.9. The summed E-state index contributed by atoms with van der Waals surface area (Å²) >= 11 is 0. The molecule has 0 amide bonds. The second-order valence-corrected chi connectivity index (χ2v) is 12.3. The highest BCUT2D eigenvalue weighted by Gasteiger charge is 2.32. The highest BCUT2D eigenvalue weighted by atomic mass is 16.5. The van der Waals surface area contributed by atoms with Gasteiger partial charge in [-0.2, -0.15) is 0 Å². The zero-order valence-corrected chi connectivity index (χ0v) is 26.2. The summed E-state index contributed by atoms with van der Waals surface area (Å²) in [5.74, 6) is 3.91. The van der Waals surface area contributed by atoms with Gasteiger partial charge in [-0.15, -0.1) is 0 Å². The van der Waals surface area contributed by atoms with Crippen molar-refractivity contribution >= 4 is 0 Å². The number of hydrogen-bond acceptors (Lipinski definition) is 5. The van der Waals surface area contributed by atoms with Crippen LogP contribution in [0.5, 0.6) is 0 Å². The minimum absolute atomic E-state index is 0.569. The van der Waals surface area contributed by atoms with Crippen molar-refractivity contribution in [3.8, 4) is 0 Å². The third-order valence-corrected chi connectivity index (χ3v) is 9.32. The molecule has 4 atom stereocenters. The highest BCUT2D eigenvalue weighted by molar-refractivity contribution is 5.30.